The monoisotopic (exact) mass is 396 g/mol. The Morgan fingerprint density at radius 2 is 1.48 bits per heavy atom. The summed E-state index contributed by atoms with van der Waals surface area (Å²) in [5.74, 6) is -1.23. The van der Waals surface area contributed by atoms with E-state index in [1.807, 2.05) is 0 Å². The highest BCUT2D eigenvalue weighted by molar-refractivity contribution is 6.35. The van der Waals surface area contributed by atoms with Crippen molar-refractivity contribution in [2.24, 2.45) is 0 Å². The number of nitro benzene ring substituents is 2. The van der Waals surface area contributed by atoms with Crippen molar-refractivity contribution >= 4 is 34.6 Å². The molecule has 0 aliphatic heterocycles. The summed E-state index contributed by atoms with van der Waals surface area (Å²) in [6.45, 7) is 0. The normalized spacial score (nSPS) is 11.2. The van der Waals surface area contributed by atoms with E-state index in [0.29, 0.717) is 0 Å². The van der Waals surface area contributed by atoms with E-state index in [1.54, 1.807) is 0 Å². The Labute approximate surface area is 146 Å². The van der Waals surface area contributed by atoms with Crippen LogP contribution in [0.2, 0.25) is 10.0 Å². The fraction of sp³-hybridized carbons (Fsp3) is 0.0769. The molecule has 0 bridgehead atoms. The summed E-state index contributed by atoms with van der Waals surface area (Å²) < 4.78 is 43.5. The summed E-state index contributed by atoms with van der Waals surface area (Å²) in [5, 5.41) is 22.2. The fourth-order valence-corrected chi connectivity index (χ4v) is 2.25. The van der Waals surface area contributed by atoms with Crippen LogP contribution in [0.25, 0.3) is 0 Å². The lowest BCUT2D eigenvalue weighted by molar-refractivity contribution is -0.396. The van der Waals surface area contributed by atoms with Crippen LogP contribution < -0.4 is 4.74 Å². The van der Waals surface area contributed by atoms with Crippen molar-refractivity contribution in [1.29, 1.82) is 0 Å². The standard InChI is InChI=1S/C13H5Cl2F3N2O5/c14-7-1-2-11(8(15)5-7)25-12-9(19(21)22)3-6(13(16,17)18)4-10(12)20(23)24/h1-5H. The Morgan fingerprint density at radius 1 is 0.960 bits per heavy atom. The second-order valence-corrected chi connectivity index (χ2v) is 5.38. The van der Waals surface area contributed by atoms with E-state index < -0.39 is 38.7 Å². The Morgan fingerprint density at radius 3 is 1.88 bits per heavy atom. The van der Waals surface area contributed by atoms with Crippen molar-refractivity contribution in [2.75, 3.05) is 0 Å². The van der Waals surface area contributed by atoms with Gasteiger partial charge in [-0.2, -0.15) is 13.2 Å². The third-order valence-electron chi connectivity index (χ3n) is 2.88. The maximum Gasteiger partial charge on any atom is 0.416 e. The van der Waals surface area contributed by atoms with Gasteiger partial charge in [0.25, 0.3) is 5.75 Å². The minimum absolute atomic E-state index is 0.143. The molecule has 12 heteroatoms. The molecule has 0 unspecified atom stereocenters. The molecular formula is C13H5Cl2F3N2O5. The molecule has 0 amide bonds. The smallest absolute Gasteiger partial charge is 0.416 e. The lowest BCUT2D eigenvalue weighted by atomic mass is 10.1. The minimum Gasteiger partial charge on any atom is -0.443 e. The first-order valence-electron chi connectivity index (χ1n) is 6.17. The van der Waals surface area contributed by atoms with E-state index in [9.17, 15) is 33.4 Å². The Hall–Kier alpha value is -2.59. The van der Waals surface area contributed by atoms with Gasteiger partial charge >= 0.3 is 17.6 Å². The molecule has 25 heavy (non-hydrogen) atoms. The predicted molar refractivity (Wildman–Crippen MR) is 81.3 cm³/mol. The van der Waals surface area contributed by atoms with Gasteiger partial charge in [-0.25, -0.2) is 0 Å². The first-order chi connectivity index (χ1) is 11.5. The molecule has 0 spiro atoms. The summed E-state index contributed by atoms with van der Waals surface area (Å²) in [4.78, 5) is 19.7. The van der Waals surface area contributed by atoms with Crippen molar-refractivity contribution in [1.82, 2.24) is 0 Å². The molecule has 0 saturated heterocycles. The molecule has 0 aromatic heterocycles. The third-order valence-corrected chi connectivity index (χ3v) is 3.41. The van der Waals surface area contributed by atoms with Crippen LogP contribution in [0, 0.1) is 20.2 Å². The molecule has 2 aromatic rings. The molecular weight excluding hydrogens is 392 g/mol. The van der Waals surface area contributed by atoms with E-state index in [2.05, 4.69) is 0 Å². The largest absolute Gasteiger partial charge is 0.443 e. The fourth-order valence-electron chi connectivity index (χ4n) is 1.81. The SMILES string of the molecule is O=[N+]([O-])c1cc(C(F)(F)F)cc([N+](=O)[O-])c1Oc1ccc(Cl)cc1Cl. The zero-order valence-electron chi connectivity index (χ0n) is 11.7. The van der Waals surface area contributed by atoms with Crippen LogP contribution in [0.5, 0.6) is 11.5 Å². The van der Waals surface area contributed by atoms with Crippen LogP contribution in [0.3, 0.4) is 0 Å². The van der Waals surface area contributed by atoms with Crippen LogP contribution in [0.4, 0.5) is 24.5 Å². The van der Waals surface area contributed by atoms with E-state index in [0.717, 1.165) is 6.07 Å². The van der Waals surface area contributed by atoms with Gasteiger partial charge in [-0.05, 0) is 18.2 Å². The first kappa shape index (κ1) is 18.7. The summed E-state index contributed by atoms with van der Waals surface area (Å²) in [6, 6.07) is 3.93. The Balaban J connectivity index is 2.70. The molecule has 0 fully saturated rings. The molecule has 132 valence electrons. The van der Waals surface area contributed by atoms with Gasteiger partial charge in [-0.3, -0.25) is 20.2 Å². The first-order valence-corrected chi connectivity index (χ1v) is 6.93. The topological polar surface area (TPSA) is 95.5 Å². The lowest BCUT2D eigenvalue weighted by Gasteiger charge is -2.11. The molecule has 0 heterocycles. The molecule has 0 aliphatic carbocycles. The maximum absolute atomic E-state index is 12.8. The van der Waals surface area contributed by atoms with Crippen molar-refractivity contribution < 1.29 is 27.8 Å². The number of hydrogen-bond donors (Lipinski definition) is 0. The average Bonchev–Trinajstić information content (AvgIpc) is 2.48. The van der Waals surface area contributed by atoms with Crippen LogP contribution >= 0.6 is 23.2 Å². The highest BCUT2D eigenvalue weighted by Gasteiger charge is 2.38. The quantitative estimate of drug-likeness (QED) is 0.493. The number of benzene rings is 2. The number of halogens is 5. The van der Waals surface area contributed by atoms with Crippen molar-refractivity contribution in [3.05, 3.63) is 66.2 Å². The maximum atomic E-state index is 12.8. The zero-order chi connectivity index (χ0) is 18.9. The summed E-state index contributed by atoms with van der Waals surface area (Å²) in [7, 11) is 0. The number of alkyl halides is 3. The van der Waals surface area contributed by atoms with Crippen molar-refractivity contribution in [2.45, 2.75) is 6.18 Å². The van der Waals surface area contributed by atoms with Crippen LogP contribution in [0.1, 0.15) is 5.56 Å². The Kier molecular flexibility index (Phi) is 5.04. The molecule has 2 aromatic carbocycles. The van der Waals surface area contributed by atoms with Crippen LogP contribution in [0.15, 0.2) is 30.3 Å². The van der Waals surface area contributed by atoms with Gasteiger partial charge < -0.3 is 4.74 Å². The number of ether oxygens (including phenoxy) is 1. The van der Waals surface area contributed by atoms with E-state index in [-0.39, 0.29) is 27.9 Å². The van der Waals surface area contributed by atoms with Gasteiger partial charge in [0.1, 0.15) is 5.75 Å². The van der Waals surface area contributed by atoms with Gasteiger partial charge in [-0.15, -0.1) is 0 Å². The van der Waals surface area contributed by atoms with Gasteiger partial charge in [0.2, 0.25) is 0 Å². The van der Waals surface area contributed by atoms with Gasteiger partial charge in [0.05, 0.1) is 20.4 Å². The van der Waals surface area contributed by atoms with Gasteiger partial charge in [-0.1, -0.05) is 23.2 Å². The molecule has 0 atom stereocenters. The Bertz CT molecular complexity index is 838. The van der Waals surface area contributed by atoms with Crippen molar-refractivity contribution in [3.8, 4) is 11.5 Å². The van der Waals surface area contributed by atoms with E-state index in [4.69, 9.17) is 27.9 Å². The molecule has 0 radical (unpaired) electrons. The summed E-state index contributed by atoms with van der Waals surface area (Å²) in [6.07, 6.45) is -5.02. The average molecular weight is 397 g/mol. The van der Waals surface area contributed by atoms with Crippen molar-refractivity contribution in [3.63, 3.8) is 0 Å². The number of nitro groups is 2. The molecule has 0 N–H and O–H groups in total. The minimum atomic E-state index is -5.02. The summed E-state index contributed by atoms with van der Waals surface area (Å²) in [5.41, 5.74) is -4.01. The lowest BCUT2D eigenvalue weighted by Crippen LogP contribution is -2.08. The van der Waals surface area contributed by atoms with Crippen LogP contribution in [-0.4, -0.2) is 9.85 Å². The molecule has 7 nitrogen and oxygen atoms in total. The second-order valence-electron chi connectivity index (χ2n) is 4.53. The second kappa shape index (κ2) is 6.73. The number of rotatable bonds is 4. The third kappa shape index (κ3) is 4.09. The summed E-state index contributed by atoms with van der Waals surface area (Å²) >= 11 is 11.5. The zero-order valence-corrected chi connectivity index (χ0v) is 13.2. The molecule has 0 aliphatic rings. The number of hydrogen-bond acceptors (Lipinski definition) is 5. The molecule has 2 rings (SSSR count). The van der Waals surface area contributed by atoms with E-state index >= 15 is 0 Å². The number of nitrogens with zero attached hydrogens (tertiary/aromatic N) is 2. The highest BCUT2D eigenvalue weighted by atomic mass is 35.5. The van der Waals surface area contributed by atoms with Gasteiger partial charge in [0.15, 0.2) is 0 Å². The molecule has 0 saturated carbocycles. The highest BCUT2D eigenvalue weighted by Crippen LogP contribution is 2.45. The van der Waals surface area contributed by atoms with E-state index in [1.165, 1.54) is 12.1 Å². The predicted octanol–water partition coefficient (Wildman–Crippen LogP) is 5.62. The van der Waals surface area contributed by atoms with Gasteiger partial charge in [0, 0.05) is 17.2 Å². The van der Waals surface area contributed by atoms with Crippen LogP contribution in [-0.2, 0) is 6.18 Å².